The van der Waals surface area contributed by atoms with Gasteiger partial charge in [0.25, 0.3) is 5.56 Å². The number of benzene rings is 1. The van der Waals surface area contributed by atoms with E-state index in [1.165, 1.54) is 11.6 Å². The number of imidazole rings is 1. The molecule has 0 bridgehead atoms. The van der Waals surface area contributed by atoms with Gasteiger partial charge in [-0.15, -0.1) is 0 Å². The summed E-state index contributed by atoms with van der Waals surface area (Å²) in [4.78, 5) is 29.7. The van der Waals surface area contributed by atoms with Crippen molar-refractivity contribution >= 4 is 30.8 Å². The van der Waals surface area contributed by atoms with E-state index >= 15 is 0 Å². The molecule has 0 spiro atoms. The summed E-state index contributed by atoms with van der Waals surface area (Å²) >= 11 is 6.34. The second-order valence-electron chi connectivity index (χ2n) is 8.05. The maximum absolute atomic E-state index is 12.8. The van der Waals surface area contributed by atoms with Gasteiger partial charge in [0.05, 0.1) is 6.54 Å². The Morgan fingerprint density at radius 2 is 1.79 bits per heavy atom. The van der Waals surface area contributed by atoms with E-state index in [-0.39, 0.29) is 17.7 Å². The highest BCUT2D eigenvalue weighted by Gasteiger charge is 2.20. The van der Waals surface area contributed by atoms with Crippen LogP contribution in [0.4, 0.5) is 0 Å². The highest BCUT2D eigenvalue weighted by Crippen LogP contribution is 2.18. The van der Waals surface area contributed by atoms with E-state index in [0.29, 0.717) is 18.7 Å². The highest BCUT2D eigenvalue weighted by atomic mass is 35.5. The minimum absolute atomic E-state index is 0.0343. The first-order chi connectivity index (χ1) is 13.2. The van der Waals surface area contributed by atoms with Gasteiger partial charge in [-0.2, -0.15) is 4.98 Å². The monoisotopic (exact) mass is 420 g/mol. The third kappa shape index (κ3) is 4.29. The quantitative estimate of drug-likeness (QED) is 0.334. The molecule has 150 valence electrons. The molecule has 0 N–H and O–H groups in total. The molecule has 0 saturated carbocycles. The Balaban J connectivity index is 2.02. The number of ether oxygens (including phenoxy) is 1. The molecule has 0 aliphatic rings. The van der Waals surface area contributed by atoms with Crippen LogP contribution in [0.2, 0.25) is 31.0 Å². The highest BCUT2D eigenvalue weighted by molar-refractivity contribution is 6.76. The minimum atomic E-state index is -1.24. The van der Waals surface area contributed by atoms with Gasteiger partial charge in [0.1, 0.15) is 6.73 Å². The summed E-state index contributed by atoms with van der Waals surface area (Å²) in [5.74, 6) is 0. The summed E-state index contributed by atoms with van der Waals surface area (Å²) < 4.78 is 9.81. The van der Waals surface area contributed by atoms with Crippen LogP contribution in [0.15, 0.2) is 39.9 Å². The van der Waals surface area contributed by atoms with Gasteiger partial charge in [0.2, 0.25) is 5.28 Å². The third-order valence-corrected chi connectivity index (χ3v) is 6.58. The van der Waals surface area contributed by atoms with Crippen LogP contribution in [0.25, 0.3) is 11.2 Å². The molecule has 0 radical (unpaired) electrons. The molecule has 3 rings (SSSR count). The van der Waals surface area contributed by atoms with Gasteiger partial charge in [-0.05, 0) is 23.2 Å². The maximum Gasteiger partial charge on any atom is 0.334 e. The molecule has 1 aromatic carbocycles. The van der Waals surface area contributed by atoms with Crippen molar-refractivity contribution in [2.24, 2.45) is 7.05 Å². The lowest BCUT2D eigenvalue weighted by Crippen LogP contribution is -2.39. The fourth-order valence-electron chi connectivity index (χ4n) is 2.89. The van der Waals surface area contributed by atoms with Crippen LogP contribution < -0.4 is 11.2 Å². The smallest absolute Gasteiger partial charge is 0.334 e. The zero-order valence-corrected chi connectivity index (χ0v) is 18.4. The summed E-state index contributed by atoms with van der Waals surface area (Å²) in [6.07, 6.45) is 0. The zero-order chi connectivity index (χ0) is 20.5. The van der Waals surface area contributed by atoms with Crippen LogP contribution in [0, 0.1) is 0 Å². The van der Waals surface area contributed by atoms with Crippen molar-refractivity contribution in [3.63, 3.8) is 0 Å². The molecular weight excluding hydrogens is 396 g/mol. The average Bonchev–Trinajstić information content (AvgIpc) is 2.95. The predicted octanol–water partition coefficient (Wildman–Crippen LogP) is 2.91. The first kappa shape index (κ1) is 20.6. The molecule has 0 aliphatic carbocycles. The molecule has 0 aliphatic heterocycles. The van der Waals surface area contributed by atoms with E-state index in [9.17, 15) is 9.59 Å². The summed E-state index contributed by atoms with van der Waals surface area (Å²) in [6, 6.07) is 10.6. The lowest BCUT2D eigenvalue weighted by atomic mass is 10.2. The Morgan fingerprint density at radius 1 is 1.11 bits per heavy atom. The van der Waals surface area contributed by atoms with E-state index in [0.717, 1.165) is 16.2 Å². The fraction of sp³-hybridized carbons (Fsp3) is 0.421. The van der Waals surface area contributed by atoms with Gasteiger partial charge in [-0.25, -0.2) is 4.79 Å². The lowest BCUT2D eigenvalue weighted by molar-refractivity contribution is 0.0857. The number of aromatic nitrogens is 4. The summed E-state index contributed by atoms with van der Waals surface area (Å²) in [5.41, 5.74) is 0.641. The van der Waals surface area contributed by atoms with Crippen molar-refractivity contribution < 1.29 is 4.74 Å². The Morgan fingerprint density at radius 3 is 2.43 bits per heavy atom. The van der Waals surface area contributed by atoms with Crippen LogP contribution in [0.1, 0.15) is 5.56 Å². The summed E-state index contributed by atoms with van der Waals surface area (Å²) in [6.45, 7) is 7.77. The molecule has 0 amide bonds. The minimum Gasteiger partial charge on any atom is -0.361 e. The van der Waals surface area contributed by atoms with Crippen molar-refractivity contribution in [2.75, 3.05) is 6.61 Å². The van der Waals surface area contributed by atoms with Gasteiger partial charge in [0, 0.05) is 21.7 Å². The standard InChI is InChI=1S/C19H25ClN4O3Si/c1-22-17(25)15-16(24(19(22)26)13-27-10-11-28(2,3)4)21-18(20)23(15)12-14-8-6-5-7-9-14/h5-9H,10-13H2,1-4H3. The van der Waals surface area contributed by atoms with Gasteiger partial charge in [0.15, 0.2) is 11.2 Å². The SMILES string of the molecule is Cn1c(=O)c2c(nc(Cl)n2Cc2ccccc2)n(COCC[Si](C)(C)C)c1=O. The first-order valence-electron chi connectivity index (χ1n) is 9.16. The van der Waals surface area contributed by atoms with Gasteiger partial charge < -0.3 is 9.30 Å². The van der Waals surface area contributed by atoms with Gasteiger partial charge >= 0.3 is 5.69 Å². The van der Waals surface area contributed by atoms with E-state index in [1.807, 2.05) is 30.3 Å². The Bertz CT molecular complexity index is 1100. The Kier molecular flexibility index (Phi) is 5.92. The number of nitrogens with zero attached hydrogens (tertiary/aromatic N) is 4. The topological polar surface area (TPSA) is 71.1 Å². The van der Waals surface area contributed by atoms with Crippen molar-refractivity contribution in [1.82, 2.24) is 18.7 Å². The molecule has 0 fully saturated rings. The number of fused-ring (bicyclic) bond motifs is 1. The van der Waals surface area contributed by atoms with Crippen molar-refractivity contribution in [3.8, 4) is 0 Å². The average molecular weight is 421 g/mol. The fourth-order valence-corrected chi connectivity index (χ4v) is 3.87. The van der Waals surface area contributed by atoms with E-state index in [4.69, 9.17) is 16.3 Å². The van der Waals surface area contributed by atoms with E-state index < -0.39 is 19.3 Å². The van der Waals surface area contributed by atoms with Crippen LogP contribution >= 0.6 is 11.6 Å². The summed E-state index contributed by atoms with van der Waals surface area (Å²) in [7, 11) is 0.216. The molecule has 2 aromatic heterocycles. The number of halogens is 1. The molecule has 3 aromatic rings. The van der Waals surface area contributed by atoms with Crippen molar-refractivity contribution in [3.05, 3.63) is 62.0 Å². The molecule has 0 saturated heterocycles. The first-order valence-corrected chi connectivity index (χ1v) is 13.2. The maximum atomic E-state index is 12.8. The van der Waals surface area contributed by atoms with E-state index in [2.05, 4.69) is 24.6 Å². The third-order valence-electron chi connectivity index (χ3n) is 4.58. The molecule has 9 heteroatoms. The van der Waals surface area contributed by atoms with E-state index in [1.54, 1.807) is 4.57 Å². The number of hydrogen-bond acceptors (Lipinski definition) is 4. The Labute approximate surface area is 169 Å². The second kappa shape index (κ2) is 8.06. The molecular formula is C19H25ClN4O3Si. The largest absolute Gasteiger partial charge is 0.361 e. The molecule has 0 atom stereocenters. The van der Waals surface area contributed by atoms with Gasteiger partial charge in [-0.3, -0.25) is 13.9 Å². The van der Waals surface area contributed by atoms with Crippen LogP contribution in [0.3, 0.4) is 0 Å². The van der Waals surface area contributed by atoms with Crippen LogP contribution in [-0.4, -0.2) is 33.4 Å². The van der Waals surface area contributed by atoms with Crippen LogP contribution in [0.5, 0.6) is 0 Å². The number of rotatable bonds is 7. The van der Waals surface area contributed by atoms with Crippen LogP contribution in [-0.2, 0) is 25.1 Å². The molecule has 2 heterocycles. The lowest BCUT2D eigenvalue weighted by Gasteiger charge is -2.16. The molecule has 0 unspecified atom stereocenters. The molecule has 7 nitrogen and oxygen atoms in total. The van der Waals surface area contributed by atoms with Crippen molar-refractivity contribution in [2.45, 2.75) is 39.0 Å². The predicted molar refractivity (Wildman–Crippen MR) is 114 cm³/mol. The second-order valence-corrected chi connectivity index (χ2v) is 14.0. The number of hydrogen-bond donors (Lipinski definition) is 0. The normalized spacial score (nSPS) is 12.0. The van der Waals surface area contributed by atoms with Crippen molar-refractivity contribution in [1.29, 1.82) is 0 Å². The Hall–Kier alpha value is -2.16. The summed E-state index contributed by atoms with van der Waals surface area (Å²) in [5, 5.41) is 0.164. The van der Waals surface area contributed by atoms with Gasteiger partial charge in [-0.1, -0.05) is 50.0 Å². The zero-order valence-electron chi connectivity index (χ0n) is 16.6. The molecule has 28 heavy (non-hydrogen) atoms.